The minimum atomic E-state index is 0. The molecule has 0 unspecified atom stereocenters. The summed E-state index contributed by atoms with van der Waals surface area (Å²) in [6.45, 7) is 0. The monoisotopic (exact) mass is 141 g/mol. The third kappa shape index (κ3) is 4.62. The van der Waals surface area contributed by atoms with Crippen LogP contribution < -0.4 is 34.5 Å². The maximum Gasteiger partial charge on any atom is 1.00 e. The van der Waals surface area contributed by atoms with Crippen LogP contribution in [0.5, 0.6) is 0 Å². The zero-order valence-corrected chi connectivity index (χ0v) is 8.07. The number of rotatable bonds is 0. The Balaban J connectivity index is 0.000000810. The average Bonchev–Trinajstić information content (AvgIpc) is 2.00. The van der Waals surface area contributed by atoms with E-state index in [1.807, 2.05) is 36.4 Å². The minimum absolute atomic E-state index is 0. The van der Waals surface area contributed by atoms with Crippen molar-refractivity contribution in [2.45, 2.75) is 0 Å². The van der Waals surface area contributed by atoms with Crippen LogP contribution in [-0.2, 0) is 0 Å². The average molecular weight is 141 g/mol. The summed E-state index contributed by atoms with van der Waals surface area (Å²) < 4.78 is 0. The summed E-state index contributed by atoms with van der Waals surface area (Å²) in [6.07, 6.45) is 3.50. The van der Waals surface area contributed by atoms with Crippen LogP contribution in [0, 0.1) is 0 Å². The molecule has 0 aliphatic carbocycles. The quantitative estimate of drug-likeness (QED) is 0.413. The zero-order valence-electron chi connectivity index (χ0n) is 6.07. The van der Waals surface area contributed by atoms with Crippen molar-refractivity contribution in [3.05, 3.63) is 48.8 Å². The van der Waals surface area contributed by atoms with Gasteiger partial charge < -0.3 is 4.98 Å². The molecule has 0 saturated carbocycles. The zero-order chi connectivity index (χ0) is 6.36. The summed E-state index contributed by atoms with van der Waals surface area (Å²) in [6, 6.07) is 11.6. The van der Waals surface area contributed by atoms with E-state index in [1.165, 1.54) is 0 Å². The molecule has 1 rings (SSSR count). The molecule has 1 nitrogen and oxygen atoms in total. The second-order valence-corrected chi connectivity index (χ2v) is 1.60. The maximum absolute atomic E-state index is 3.93. The second kappa shape index (κ2) is 6.87. The van der Waals surface area contributed by atoms with Crippen molar-refractivity contribution in [2.24, 2.45) is 0 Å². The van der Waals surface area contributed by atoms with Crippen molar-refractivity contribution < 1.29 is 29.6 Å². The number of aromatic nitrogens is 1. The topological polar surface area (TPSA) is 14.1 Å². The SMILES string of the molecule is [Na+].c1cccc[n-]ccc1. The molecular weight excluding hydrogens is 133 g/mol. The fraction of sp³-hybridized carbons (Fsp3) is 0. The van der Waals surface area contributed by atoms with Crippen molar-refractivity contribution in [3.63, 3.8) is 0 Å². The molecule has 0 bridgehead atoms. The van der Waals surface area contributed by atoms with E-state index in [-0.39, 0.29) is 29.6 Å². The van der Waals surface area contributed by atoms with Gasteiger partial charge in [-0.25, -0.2) is 0 Å². The Kier molecular flexibility index (Phi) is 6.71. The van der Waals surface area contributed by atoms with Crippen molar-refractivity contribution in [2.75, 3.05) is 0 Å². The van der Waals surface area contributed by atoms with Gasteiger partial charge in [-0.15, -0.1) is 0 Å². The molecule has 0 radical (unpaired) electrons. The van der Waals surface area contributed by atoms with Crippen LogP contribution in [0.3, 0.4) is 0 Å². The smallest absolute Gasteiger partial charge is 0.670 e. The first kappa shape index (κ1) is 9.76. The van der Waals surface area contributed by atoms with Gasteiger partial charge in [0.2, 0.25) is 0 Å². The van der Waals surface area contributed by atoms with Crippen molar-refractivity contribution >= 4 is 0 Å². The molecule has 0 spiro atoms. The van der Waals surface area contributed by atoms with Crippen LogP contribution in [0.2, 0.25) is 0 Å². The molecule has 1 aromatic rings. The van der Waals surface area contributed by atoms with E-state index in [1.54, 1.807) is 12.4 Å². The van der Waals surface area contributed by atoms with E-state index in [4.69, 9.17) is 0 Å². The van der Waals surface area contributed by atoms with E-state index in [2.05, 4.69) is 4.98 Å². The summed E-state index contributed by atoms with van der Waals surface area (Å²) in [5.74, 6) is 0. The largest absolute Gasteiger partial charge is 1.00 e. The van der Waals surface area contributed by atoms with E-state index in [9.17, 15) is 0 Å². The van der Waals surface area contributed by atoms with E-state index in [0.29, 0.717) is 0 Å². The van der Waals surface area contributed by atoms with Gasteiger partial charge in [0.1, 0.15) is 0 Å². The van der Waals surface area contributed by atoms with Gasteiger partial charge in [0, 0.05) is 0 Å². The summed E-state index contributed by atoms with van der Waals surface area (Å²) in [7, 11) is 0. The molecule has 0 aliphatic rings. The summed E-state index contributed by atoms with van der Waals surface area (Å²) in [4.78, 5) is 3.93. The Morgan fingerprint density at radius 3 is 1.50 bits per heavy atom. The van der Waals surface area contributed by atoms with Crippen LogP contribution in [-0.4, -0.2) is 0 Å². The molecule has 46 valence electrons. The van der Waals surface area contributed by atoms with Gasteiger partial charge in [0.25, 0.3) is 0 Å². The predicted octanol–water partition coefficient (Wildman–Crippen LogP) is -1.23. The van der Waals surface area contributed by atoms with Crippen molar-refractivity contribution in [1.29, 1.82) is 0 Å². The van der Waals surface area contributed by atoms with Crippen molar-refractivity contribution in [3.8, 4) is 0 Å². The Morgan fingerprint density at radius 1 is 0.600 bits per heavy atom. The Morgan fingerprint density at radius 2 is 1.00 bits per heavy atom. The first-order chi connectivity index (χ1) is 4.50. The van der Waals surface area contributed by atoms with E-state index in [0.717, 1.165) is 0 Å². The van der Waals surface area contributed by atoms with Crippen LogP contribution in [0.1, 0.15) is 0 Å². The molecule has 0 aromatic carbocycles. The van der Waals surface area contributed by atoms with Crippen molar-refractivity contribution in [1.82, 2.24) is 4.98 Å². The fourth-order valence-corrected chi connectivity index (χ4v) is 0.505. The molecule has 10 heavy (non-hydrogen) atoms. The third-order valence-corrected chi connectivity index (χ3v) is 0.900. The van der Waals surface area contributed by atoms with Crippen LogP contribution in [0.4, 0.5) is 0 Å². The van der Waals surface area contributed by atoms with Gasteiger partial charge in [-0.3, -0.25) is 0 Å². The summed E-state index contributed by atoms with van der Waals surface area (Å²) >= 11 is 0. The molecule has 1 heterocycles. The van der Waals surface area contributed by atoms with Gasteiger partial charge in [-0.1, -0.05) is 36.4 Å². The Bertz CT molecular complexity index is 131. The Labute approximate surface area is 83.1 Å². The van der Waals surface area contributed by atoms with Gasteiger partial charge in [0.15, 0.2) is 0 Å². The molecular formula is C8H8NNa. The summed E-state index contributed by atoms with van der Waals surface area (Å²) in [5.41, 5.74) is 0. The standard InChI is InChI=1S/C8H8N.Na/c1-2-4-6-8-9-7-5-3-1;/h1-8H;/q-1;+1. The maximum atomic E-state index is 3.93. The van der Waals surface area contributed by atoms with Crippen LogP contribution in [0.25, 0.3) is 0 Å². The number of hydrogen-bond acceptors (Lipinski definition) is 0. The van der Waals surface area contributed by atoms with Gasteiger partial charge in [0.05, 0.1) is 0 Å². The minimum Gasteiger partial charge on any atom is -0.670 e. The van der Waals surface area contributed by atoms with Crippen LogP contribution >= 0.6 is 0 Å². The first-order valence-electron chi connectivity index (χ1n) is 2.85. The van der Waals surface area contributed by atoms with E-state index < -0.39 is 0 Å². The van der Waals surface area contributed by atoms with Gasteiger partial charge >= 0.3 is 29.6 Å². The molecule has 0 aliphatic heterocycles. The predicted molar refractivity (Wildman–Crippen MR) is 37.4 cm³/mol. The fourth-order valence-electron chi connectivity index (χ4n) is 0.505. The molecule has 0 saturated heterocycles. The number of hydrogen-bond donors (Lipinski definition) is 0. The van der Waals surface area contributed by atoms with E-state index >= 15 is 0 Å². The number of nitrogens with zero attached hydrogens (tertiary/aromatic N) is 1. The Hall–Kier alpha value is -0.240. The second-order valence-electron chi connectivity index (χ2n) is 1.60. The van der Waals surface area contributed by atoms with Gasteiger partial charge in [-0.2, -0.15) is 12.4 Å². The van der Waals surface area contributed by atoms with Gasteiger partial charge in [-0.05, 0) is 0 Å². The molecule has 1 aromatic heterocycles. The normalized spacial score (nSPS) is 7.20. The summed E-state index contributed by atoms with van der Waals surface area (Å²) in [5, 5.41) is 0. The first-order valence-corrected chi connectivity index (χ1v) is 2.85. The van der Waals surface area contributed by atoms with Crippen LogP contribution in [0.15, 0.2) is 48.8 Å². The molecule has 0 amide bonds. The molecule has 2 heteroatoms. The molecule has 0 N–H and O–H groups in total. The molecule has 0 fully saturated rings. The molecule has 0 atom stereocenters. The third-order valence-electron chi connectivity index (χ3n) is 0.900.